The summed E-state index contributed by atoms with van der Waals surface area (Å²) in [6.45, 7) is 8.41. The minimum Gasteiger partial charge on any atom is -0.390 e. The van der Waals surface area contributed by atoms with Gasteiger partial charge in [0, 0.05) is 16.7 Å². The van der Waals surface area contributed by atoms with Gasteiger partial charge in [0.25, 0.3) is 0 Å². The number of aliphatic hydroxyl groups is 1. The zero-order valence-corrected chi connectivity index (χ0v) is 37.2. The molecule has 1 saturated heterocycles. The Hall–Kier alpha value is -3.90. The molecule has 6 aliphatic carbocycles. The van der Waals surface area contributed by atoms with Gasteiger partial charge >= 0.3 is 0 Å². The molecule has 348 valence electrons. The van der Waals surface area contributed by atoms with Crippen LogP contribution < -0.4 is 21.3 Å². The number of amides is 4. The molecule has 4 amide bonds. The third-order valence-electron chi connectivity index (χ3n) is 15.2. The molecule has 17 heteroatoms. The highest BCUT2D eigenvalue weighted by Crippen LogP contribution is 2.72. The predicted molar refractivity (Wildman–Crippen MR) is 223 cm³/mol. The normalized spacial score (nSPS) is 37.9. The van der Waals surface area contributed by atoms with Crippen LogP contribution in [0.15, 0.2) is 34.9 Å². The standard InChI is InChI=1S/C46H64F2N4O11/c1-7-11-39-62-37-19-30-31-18-33(47)32-17-28(53)14-15-43(32,5)45(31,48)35(54)20-44(30,6)46(37,63-39)36(55)21-60-23-49-40(57)24(2)51-42(59)26(4)52-41(58)25(3)50-38(56)22-61-34-13-10-8-9-12-27-16-29(27)34/h14-15,17,24-26,30-31,33-35,37,39,54H,7-13,16,18-23H2,1-6H3,(H,49,57)(H,50,56)(H,51,59)(H,52,58)/t24-,25-,26+,30-,31-,33-,34?,35?,37+,39?,43-,44?,45-,46+/m0/s1. The Morgan fingerprint density at radius 1 is 0.952 bits per heavy atom. The fraction of sp³-hybridized carbons (Fsp3) is 0.739. The van der Waals surface area contributed by atoms with Crippen LogP contribution in [-0.4, -0.2) is 120 Å². The molecule has 7 aliphatic rings. The first-order valence-corrected chi connectivity index (χ1v) is 22.7. The van der Waals surface area contributed by atoms with E-state index in [2.05, 4.69) is 21.3 Å². The highest BCUT2D eigenvalue weighted by molar-refractivity contribution is 6.01. The Kier molecular flexibility index (Phi) is 13.6. The van der Waals surface area contributed by atoms with Gasteiger partial charge in [-0.05, 0) is 108 Å². The molecule has 1 aliphatic heterocycles. The fourth-order valence-corrected chi connectivity index (χ4v) is 11.7. The smallest absolute Gasteiger partial charge is 0.246 e. The molecule has 15 nitrogen and oxygen atoms in total. The fourth-order valence-electron chi connectivity index (χ4n) is 11.7. The van der Waals surface area contributed by atoms with Crippen LogP contribution in [0.3, 0.4) is 0 Å². The van der Waals surface area contributed by atoms with Crippen LogP contribution in [0.2, 0.25) is 0 Å². The van der Waals surface area contributed by atoms with E-state index in [1.54, 1.807) is 6.92 Å². The molecule has 4 fully saturated rings. The first kappa shape index (κ1) is 47.1. The van der Waals surface area contributed by atoms with Crippen LogP contribution in [0.4, 0.5) is 8.78 Å². The molecule has 0 aromatic rings. The second-order valence-corrected chi connectivity index (χ2v) is 19.2. The number of nitrogens with one attached hydrogen (secondary N) is 4. The number of halogens is 2. The number of hydrogen-bond donors (Lipinski definition) is 5. The quantitative estimate of drug-likeness (QED) is 0.0863. The minimum absolute atomic E-state index is 0.00410. The summed E-state index contributed by atoms with van der Waals surface area (Å²) in [6.07, 6.45) is 5.88. The highest BCUT2D eigenvalue weighted by atomic mass is 19.1. The molecule has 5 N–H and O–H groups in total. The Morgan fingerprint density at radius 2 is 1.65 bits per heavy atom. The van der Waals surface area contributed by atoms with Gasteiger partial charge in [-0.1, -0.05) is 44.8 Å². The lowest BCUT2D eigenvalue weighted by molar-refractivity contribution is -0.235. The SMILES string of the molecule is CCCC1O[C@@H]2C[C@H]3[C@@H]4C[C@H](F)C5=CC(=O)C=C[C@]5(C)[C@@]4(F)C(O)CC3(C)[C@]2(C(=O)COCNC(=O)[C@H](C)NC(=O)[C@@H](C)NC(=O)[C@H](C)NC(=O)COC2CCCCCC3=C2C3)O1. The number of fused-ring (bicyclic) bond motifs is 7. The van der Waals surface area contributed by atoms with Gasteiger partial charge in [0.05, 0.1) is 18.3 Å². The molecule has 14 atom stereocenters. The predicted octanol–water partition coefficient (Wildman–Crippen LogP) is 3.42. The maximum absolute atomic E-state index is 17.8. The molecular weight excluding hydrogens is 823 g/mol. The summed E-state index contributed by atoms with van der Waals surface area (Å²) in [5.41, 5.74) is -4.08. The van der Waals surface area contributed by atoms with E-state index in [0.29, 0.717) is 12.8 Å². The van der Waals surface area contributed by atoms with E-state index in [1.807, 2.05) is 6.92 Å². The molecule has 0 radical (unpaired) electrons. The average molecular weight is 887 g/mol. The van der Waals surface area contributed by atoms with Crippen molar-refractivity contribution in [3.63, 3.8) is 0 Å². The van der Waals surface area contributed by atoms with Crippen LogP contribution >= 0.6 is 0 Å². The van der Waals surface area contributed by atoms with Gasteiger partial charge in [0.15, 0.2) is 29.1 Å². The van der Waals surface area contributed by atoms with Crippen LogP contribution in [0.25, 0.3) is 0 Å². The van der Waals surface area contributed by atoms with Gasteiger partial charge in [-0.3, -0.25) is 28.8 Å². The number of alkyl halides is 2. The van der Waals surface area contributed by atoms with Crippen LogP contribution in [-0.2, 0) is 47.7 Å². The van der Waals surface area contributed by atoms with Gasteiger partial charge < -0.3 is 45.3 Å². The van der Waals surface area contributed by atoms with E-state index < -0.39 is 125 Å². The third kappa shape index (κ3) is 8.45. The second-order valence-electron chi connectivity index (χ2n) is 19.2. The number of carbonyl (C=O) groups excluding carboxylic acids is 6. The van der Waals surface area contributed by atoms with Crippen molar-refractivity contribution in [2.45, 2.75) is 172 Å². The van der Waals surface area contributed by atoms with E-state index in [1.165, 1.54) is 57.4 Å². The number of hydrogen-bond acceptors (Lipinski definition) is 11. The van der Waals surface area contributed by atoms with Crippen molar-refractivity contribution in [1.29, 1.82) is 0 Å². The largest absolute Gasteiger partial charge is 0.390 e. The van der Waals surface area contributed by atoms with Crippen molar-refractivity contribution in [2.24, 2.45) is 22.7 Å². The van der Waals surface area contributed by atoms with E-state index in [0.717, 1.165) is 38.2 Å². The Labute approximate surface area is 367 Å². The molecule has 4 unspecified atom stereocenters. The monoisotopic (exact) mass is 886 g/mol. The molecule has 0 aromatic heterocycles. The zero-order chi connectivity index (χ0) is 45.6. The molecule has 63 heavy (non-hydrogen) atoms. The summed E-state index contributed by atoms with van der Waals surface area (Å²) >= 11 is 0. The van der Waals surface area contributed by atoms with Gasteiger partial charge in [-0.2, -0.15) is 0 Å². The Morgan fingerprint density at radius 3 is 2.37 bits per heavy atom. The number of carbonyl (C=O) groups is 6. The molecule has 0 spiro atoms. The minimum atomic E-state index is -2.34. The molecular formula is C46H64F2N4O11. The lowest BCUT2D eigenvalue weighted by Crippen LogP contribution is -2.71. The van der Waals surface area contributed by atoms with Crippen molar-refractivity contribution in [1.82, 2.24) is 21.3 Å². The molecule has 0 bridgehead atoms. The topological polar surface area (TPSA) is 208 Å². The Bertz CT molecular complexity index is 1960. The van der Waals surface area contributed by atoms with Crippen LogP contribution in [0.5, 0.6) is 0 Å². The summed E-state index contributed by atoms with van der Waals surface area (Å²) in [5, 5.41) is 22.0. The van der Waals surface area contributed by atoms with E-state index in [9.17, 15) is 33.9 Å². The van der Waals surface area contributed by atoms with Crippen molar-refractivity contribution in [3.05, 3.63) is 34.9 Å². The lowest BCUT2D eigenvalue weighted by Gasteiger charge is -2.63. The number of ketones is 2. The molecule has 0 aromatic carbocycles. The second kappa shape index (κ2) is 18.2. The maximum Gasteiger partial charge on any atom is 0.246 e. The van der Waals surface area contributed by atoms with Crippen LogP contribution in [0, 0.1) is 22.7 Å². The summed E-state index contributed by atoms with van der Waals surface area (Å²) < 4.78 is 58.2. The van der Waals surface area contributed by atoms with Gasteiger partial charge in [0.1, 0.15) is 44.2 Å². The number of aliphatic hydroxyl groups excluding tert-OH is 1. The van der Waals surface area contributed by atoms with Gasteiger partial charge in [-0.15, -0.1) is 0 Å². The number of allylic oxidation sites excluding steroid dienone is 5. The summed E-state index contributed by atoms with van der Waals surface area (Å²) in [5.74, 6) is -5.01. The van der Waals surface area contributed by atoms with E-state index >= 15 is 8.78 Å². The molecule has 7 rings (SSSR count). The molecule has 3 saturated carbocycles. The number of Topliss-reactive ketones (excluding diaryl/α,β-unsaturated/α-hetero) is 1. The van der Waals surface area contributed by atoms with Crippen molar-refractivity contribution >= 4 is 35.2 Å². The maximum atomic E-state index is 17.8. The summed E-state index contributed by atoms with van der Waals surface area (Å²) in [4.78, 5) is 78.0. The summed E-state index contributed by atoms with van der Waals surface area (Å²) in [7, 11) is 0. The first-order valence-electron chi connectivity index (χ1n) is 22.7. The summed E-state index contributed by atoms with van der Waals surface area (Å²) in [6, 6.07) is -3.09. The number of rotatable bonds is 16. The van der Waals surface area contributed by atoms with E-state index in [-0.39, 0.29) is 37.5 Å². The van der Waals surface area contributed by atoms with Gasteiger partial charge in [0.2, 0.25) is 23.6 Å². The Balaban J connectivity index is 0.899. The third-order valence-corrected chi connectivity index (χ3v) is 15.2. The van der Waals surface area contributed by atoms with Crippen LogP contribution in [0.1, 0.15) is 112 Å². The van der Waals surface area contributed by atoms with Crippen molar-refractivity contribution in [3.8, 4) is 0 Å². The average Bonchev–Trinajstić information content (AvgIpc) is 3.80. The van der Waals surface area contributed by atoms with Crippen molar-refractivity contribution < 1.29 is 61.6 Å². The van der Waals surface area contributed by atoms with Gasteiger partial charge in [-0.25, -0.2) is 8.78 Å². The number of ether oxygens (including phenoxy) is 4. The molecule has 1 heterocycles. The van der Waals surface area contributed by atoms with Crippen molar-refractivity contribution in [2.75, 3.05) is 19.9 Å². The zero-order valence-electron chi connectivity index (χ0n) is 37.2. The van der Waals surface area contributed by atoms with E-state index in [4.69, 9.17) is 18.9 Å². The lowest BCUT2D eigenvalue weighted by atomic mass is 9.44. The highest BCUT2D eigenvalue weighted by Gasteiger charge is 2.80. The first-order chi connectivity index (χ1) is 29.8.